The van der Waals surface area contributed by atoms with Gasteiger partial charge in [-0.25, -0.2) is 8.42 Å². The van der Waals surface area contributed by atoms with Crippen LogP contribution in [0.5, 0.6) is 0 Å². The molecule has 1 heterocycles. The fourth-order valence-corrected chi connectivity index (χ4v) is 3.76. The van der Waals surface area contributed by atoms with Gasteiger partial charge in [-0.05, 0) is 37.2 Å². The molecule has 24 heavy (non-hydrogen) atoms. The zero-order chi connectivity index (χ0) is 18.0. The van der Waals surface area contributed by atoms with Crippen molar-refractivity contribution in [1.29, 1.82) is 0 Å². The van der Waals surface area contributed by atoms with Crippen LogP contribution in [0.15, 0.2) is 29.2 Å². The highest BCUT2D eigenvalue weighted by Crippen LogP contribution is 2.20. The molecule has 1 amide bonds. The molecular formula is C14H18F3N3O3S. The van der Waals surface area contributed by atoms with Crippen molar-refractivity contribution in [1.82, 2.24) is 14.9 Å². The van der Waals surface area contributed by atoms with Gasteiger partial charge >= 0.3 is 6.18 Å². The van der Waals surface area contributed by atoms with E-state index in [-0.39, 0.29) is 16.5 Å². The first-order chi connectivity index (χ1) is 11.1. The van der Waals surface area contributed by atoms with Crippen LogP contribution in [0, 0.1) is 0 Å². The number of likely N-dealkylation sites (N-methyl/N-ethyl adjacent to an activating group) is 1. The van der Waals surface area contributed by atoms with Crippen molar-refractivity contribution in [3.63, 3.8) is 0 Å². The van der Waals surface area contributed by atoms with Crippen LogP contribution in [-0.2, 0) is 10.0 Å². The van der Waals surface area contributed by atoms with Crippen molar-refractivity contribution in [2.75, 3.05) is 26.7 Å². The van der Waals surface area contributed by atoms with E-state index in [1.807, 2.05) is 0 Å². The van der Waals surface area contributed by atoms with Gasteiger partial charge in [0.05, 0.1) is 4.90 Å². The first-order valence-electron chi connectivity index (χ1n) is 7.25. The molecule has 1 aliphatic heterocycles. The maximum atomic E-state index is 12.5. The fourth-order valence-electron chi connectivity index (χ4n) is 2.37. The van der Waals surface area contributed by atoms with Gasteiger partial charge in [0.2, 0.25) is 10.0 Å². The van der Waals surface area contributed by atoms with Crippen molar-refractivity contribution in [2.45, 2.75) is 23.5 Å². The Hall–Kier alpha value is -1.65. The average molecular weight is 365 g/mol. The third-order valence-corrected chi connectivity index (χ3v) is 5.72. The summed E-state index contributed by atoms with van der Waals surface area (Å²) in [5.41, 5.74) is -0.0385. The van der Waals surface area contributed by atoms with Gasteiger partial charge in [-0.15, -0.1) is 0 Å². The van der Waals surface area contributed by atoms with E-state index in [9.17, 15) is 26.4 Å². The summed E-state index contributed by atoms with van der Waals surface area (Å²) in [6.07, 6.45) is -3.80. The van der Waals surface area contributed by atoms with Crippen molar-refractivity contribution in [3.8, 4) is 0 Å². The maximum Gasteiger partial charge on any atom is 0.405 e. The van der Waals surface area contributed by atoms with Crippen LogP contribution in [0.25, 0.3) is 0 Å². The number of carbonyl (C=O) groups excluding carboxylic acids is 1. The Morgan fingerprint density at radius 3 is 2.46 bits per heavy atom. The Labute approximate surface area is 138 Å². The molecule has 0 radical (unpaired) electrons. The van der Waals surface area contributed by atoms with E-state index in [0.29, 0.717) is 13.0 Å². The van der Waals surface area contributed by atoms with Crippen LogP contribution in [0.2, 0.25) is 0 Å². The lowest BCUT2D eigenvalue weighted by atomic mass is 10.2. The number of alkyl halides is 3. The smallest absolute Gasteiger partial charge is 0.343 e. The third-order valence-electron chi connectivity index (χ3n) is 3.79. The normalized spacial score (nSPS) is 18.8. The molecule has 0 aromatic heterocycles. The number of sulfonamides is 1. The summed E-state index contributed by atoms with van der Waals surface area (Å²) < 4.78 is 62.5. The first-order valence-corrected chi connectivity index (χ1v) is 8.69. The van der Waals surface area contributed by atoms with E-state index in [0.717, 1.165) is 6.54 Å². The molecule has 1 fully saturated rings. The molecule has 0 bridgehead atoms. The Kier molecular flexibility index (Phi) is 5.51. The molecule has 134 valence electrons. The van der Waals surface area contributed by atoms with Crippen molar-refractivity contribution in [2.24, 2.45) is 0 Å². The first kappa shape index (κ1) is 18.7. The van der Waals surface area contributed by atoms with Crippen LogP contribution < -0.4 is 10.6 Å². The Bertz CT molecular complexity index is 683. The summed E-state index contributed by atoms with van der Waals surface area (Å²) >= 11 is 0. The molecule has 2 rings (SSSR count). The van der Waals surface area contributed by atoms with Crippen LogP contribution in [0.1, 0.15) is 16.8 Å². The fraction of sp³-hybridized carbons (Fsp3) is 0.500. The lowest BCUT2D eigenvalue weighted by Gasteiger charge is -2.23. The molecule has 1 saturated heterocycles. The predicted octanol–water partition coefficient (Wildman–Crippen LogP) is 0.961. The molecular weight excluding hydrogens is 347 g/mol. The third kappa shape index (κ3) is 4.46. The largest absolute Gasteiger partial charge is 0.405 e. The van der Waals surface area contributed by atoms with Crippen molar-refractivity contribution >= 4 is 15.9 Å². The summed E-state index contributed by atoms with van der Waals surface area (Å²) in [4.78, 5) is 11.6. The number of hydrogen-bond acceptors (Lipinski definition) is 4. The Morgan fingerprint density at radius 1 is 1.33 bits per heavy atom. The average Bonchev–Trinajstić information content (AvgIpc) is 3.05. The Balaban J connectivity index is 2.09. The molecule has 0 spiro atoms. The van der Waals surface area contributed by atoms with Gasteiger partial charge in [-0.3, -0.25) is 4.79 Å². The number of rotatable bonds is 5. The molecule has 2 N–H and O–H groups in total. The summed E-state index contributed by atoms with van der Waals surface area (Å²) in [5.74, 6) is -0.912. The molecule has 1 atom stereocenters. The predicted molar refractivity (Wildman–Crippen MR) is 81.1 cm³/mol. The zero-order valence-electron chi connectivity index (χ0n) is 12.9. The summed E-state index contributed by atoms with van der Waals surface area (Å²) in [6, 6.07) is 4.68. The Morgan fingerprint density at radius 2 is 1.96 bits per heavy atom. The van der Waals surface area contributed by atoms with Gasteiger partial charge in [-0.1, -0.05) is 0 Å². The number of hydrogen-bond donors (Lipinski definition) is 2. The van der Waals surface area contributed by atoms with Gasteiger partial charge < -0.3 is 10.6 Å². The summed E-state index contributed by atoms with van der Waals surface area (Å²) in [7, 11) is -2.24. The topological polar surface area (TPSA) is 78.5 Å². The number of halogens is 3. The van der Waals surface area contributed by atoms with E-state index in [2.05, 4.69) is 5.32 Å². The molecule has 10 heteroatoms. The number of nitrogens with one attached hydrogen (secondary N) is 2. The highest BCUT2D eigenvalue weighted by atomic mass is 32.2. The number of carbonyl (C=O) groups is 1. The standard InChI is InChI=1S/C14H18F3N3O3S/c1-20(11-6-7-18-8-11)24(22,23)12-4-2-10(3-5-12)13(21)19-9-14(15,16)17/h2-5,11,18H,6-9H2,1H3,(H,19,21). The molecule has 0 aliphatic carbocycles. The zero-order valence-corrected chi connectivity index (χ0v) is 13.7. The van der Waals surface area contributed by atoms with Crippen LogP contribution in [0.3, 0.4) is 0 Å². The number of benzene rings is 1. The van der Waals surface area contributed by atoms with Gasteiger partial charge in [0.25, 0.3) is 5.91 Å². The molecule has 1 aromatic rings. The van der Waals surface area contributed by atoms with E-state index in [4.69, 9.17) is 0 Å². The molecule has 0 saturated carbocycles. The van der Waals surface area contributed by atoms with Crippen LogP contribution in [0.4, 0.5) is 13.2 Å². The maximum absolute atomic E-state index is 12.5. The monoisotopic (exact) mass is 365 g/mol. The van der Waals surface area contributed by atoms with Gasteiger partial charge in [0.15, 0.2) is 0 Å². The van der Waals surface area contributed by atoms with Crippen LogP contribution >= 0.6 is 0 Å². The molecule has 6 nitrogen and oxygen atoms in total. The molecule has 1 aliphatic rings. The van der Waals surface area contributed by atoms with Gasteiger partial charge in [0, 0.05) is 25.2 Å². The number of amides is 1. The quantitative estimate of drug-likeness (QED) is 0.815. The second-order valence-corrected chi connectivity index (χ2v) is 7.49. The van der Waals surface area contributed by atoms with Gasteiger partial charge in [0.1, 0.15) is 6.54 Å². The summed E-state index contributed by atoms with van der Waals surface area (Å²) in [5, 5.41) is 4.81. The second kappa shape index (κ2) is 7.08. The summed E-state index contributed by atoms with van der Waals surface area (Å²) in [6.45, 7) is -0.139. The minimum absolute atomic E-state index is 0.00993. The minimum Gasteiger partial charge on any atom is -0.343 e. The van der Waals surface area contributed by atoms with E-state index < -0.39 is 28.7 Å². The second-order valence-electron chi connectivity index (χ2n) is 5.49. The van der Waals surface area contributed by atoms with E-state index in [1.165, 1.54) is 35.6 Å². The highest BCUT2D eigenvalue weighted by molar-refractivity contribution is 7.89. The van der Waals surface area contributed by atoms with Gasteiger partial charge in [-0.2, -0.15) is 17.5 Å². The van der Waals surface area contributed by atoms with E-state index >= 15 is 0 Å². The molecule has 1 unspecified atom stereocenters. The van der Waals surface area contributed by atoms with Crippen LogP contribution in [-0.4, -0.2) is 57.5 Å². The minimum atomic E-state index is -4.50. The van der Waals surface area contributed by atoms with Crippen molar-refractivity contribution in [3.05, 3.63) is 29.8 Å². The lowest BCUT2D eigenvalue weighted by molar-refractivity contribution is -0.123. The highest BCUT2D eigenvalue weighted by Gasteiger charge is 2.30. The lowest BCUT2D eigenvalue weighted by Crippen LogP contribution is -2.38. The molecule has 1 aromatic carbocycles. The van der Waals surface area contributed by atoms with E-state index in [1.54, 1.807) is 5.32 Å². The SMILES string of the molecule is CN(C1CCNC1)S(=O)(=O)c1ccc(C(=O)NCC(F)(F)F)cc1. The van der Waals surface area contributed by atoms with Crippen molar-refractivity contribution < 1.29 is 26.4 Å². The number of nitrogens with zero attached hydrogens (tertiary/aromatic N) is 1.